The molecule has 0 spiro atoms. The Morgan fingerprint density at radius 2 is 2.07 bits per heavy atom. The molecule has 1 aromatic rings. The van der Waals surface area contributed by atoms with Gasteiger partial charge in [-0.1, -0.05) is 12.1 Å². The highest BCUT2D eigenvalue weighted by molar-refractivity contribution is 8.00. The highest BCUT2D eigenvalue weighted by Gasteiger charge is 2.54. The second-order valence-corrected chi connectivity index (χ2v) is 6.98. The average Bonchev–Trinajstić information content (AvgIpc) is 2.63. The number of carboxylic acid groups (broad SMARTS) is 1. The van der Waals surface area contributed by atoms with Crippen molar-refractivity contribution in [3.05, 3.63) is 46.9 Å². The van der Waals surface area contributed by atoms with Crippen LogP contribution >= 0.6 is 11.8 Å². The number of benzene rings is 1. The molecule has 1 saturated heterocycles. The van der Waals surface area contributed by atoms with E-state index in [4.69, 9.17) is 4.74 Å². The number of amides is 2. The van der Waals surface area contributed by atoms with E-state index in [1.54, 1.807) is 0 Å². The van der Waals surface area contributed by atoms with Gasteiger partial charge in [-0.25, -0.2) is 9.18 Å². The second-order valence-electron chi connectivity index (χ2n) is 5.88. The Balaban J connectivity index is 1.77. The molecule has 2 aliphatic heterocycles. The first kappa shape index (κ1) is 18.9. The van der Waals surface area contributed by atoms with E-state index in [0.717, 1.165) is 11.0 Å². The number of carbonyl (C=O) groups is 4. The van der Waals surface area contributed by atoms with E-state index in [1.807, 2.05) is 0 Å². The zero-order valence-electron chi connectivity index (χ0n) is 14.1. The maximum Gasteiger partial charge on any atom is 0.352 e. The van der Waals surface area contributed by atoms with Gasteiger partial charge in [-0.2, -0.15) is 0 Å². The average molecular weight is 394 g/mol. The highest BCUT2D eigenvalue weighted by atomic mass is 32.2. The van der Waals surface area contributed by atoms with E-state index in [-0.39, 0.29) is 23.6 Å². The first-order chi connectivity index (χ1) is 12.8. The van der Waals surface area contributed by atoms with Crippen molar-refractivity contribution in [2.45, 2.75) is 18.3 Å². The molecule has 0 saturated carbocycles. The summed E-state index contributed by atoms with van der Waals surface area (Å²) in [5.74, 6) is -3.76. The molecule has 0 unspecified atom stereocenters. The number of fused-ring (bicyclic) bond motifs is 1. The lowest BCUT2D eigenvalue weighted by Crippen LogP contribution is -2.70. The number of aliphatic carboxylic acids is 1. The zero-order valence-corrected chi connectivity index (χ0v) is 14.9. The van der Waals surface area contributed by atoms with Gasteiger partial charge in [-0.15, -0.1) is 11.8 Å². The second kappa shape index (κ2) is 7.39. The molecule has 2 heterocycles. The number of hydrogen-bond donors (Lipinski definition) is 2. The van der Waals surface area contributed by atoms with E-state index in [0.29, 0.717) is 5.57 Å². The van der Waals surface area contributed by atoms with Gasteiger partial charge in [0.2, 0.25) is 0 Å². The minimum absolute atomic E-state index is 0.200. The van der Waals surface area contributed by atoms with Gasteiger partial charge in [0.15, 0.2) is 0 Å². The van der Waals surface area contributed by atoms with Crippen LogP contribution in [-0.4, -0.2) is 57.5 Å². The highest BCUT2D eigenvalue weighted by Crippen LogP contribution is 2.40. The molecular weight excluding hydrogens is 379 g/mol. The van der Waals surface area contributed by atoms with Crippen LogP contribution in [0.25, 0.3) is 0 Å². The maximum atomic E-state index is 13.7. The van der Waals surface area contributed by atoms with E-state index >= 15 is 0 Å². The van der Waals surface area contributed by atoms with Crippen molar-refractivity contribution >= 4 is 35.5 Å². The summed E-state index contributed by atoms with van der Waals surface area (Å²) in [7, 11) is 0. The lowest BCUT2D eigenvalue weighted by molar-refractivity contribution is -0.149. The minimum atomic E-state index is -1.32. The number of hydrogen-bond acceptors (Lipinski definition) is 6. The Labute approximate surface area is 157 Å². The first-order valence-corrected chi connectivity index (χ1v) is 8.95. The molecular formula is C17H15FN2O6S. The number of thioether (sulfide) groups is 1. The maximum absolute atomic E-state index is 13.7. The van der Waals surface area contributed by atoms with Gasteiger partial charge in [0, 0.05) is 18.2 Å². The van der Waals surface area contributed by atoms with Crippen LogP contribution in [0.1, 0.15) is 17.3 Å². The molecule has 0 bridgehead atoms. The molecule has 2 aliphatic rings. The van der Waals surface area contributed by atoms with Crippen molar-refractivity contribution in [3.63, 3.8) is 0 Å². The number of β-lactam (4-membered cyclic amide) rings is 1. The number of carbonyl (C=O) groups excluding carboxylic acids is 3. The normalized spacial score (nSPS) is 21.3. The molecule has 3 rings (SSSR count). The molecule has 10 heteroatoms. The molecule has 142 valence electrons. The standard InChI is InChI=1S/C17H15FN2O6S/c1-8(21)26-6-9-7-27-16-12(15(23)20(16)13(9)17(24)25)19-14(22)10-4-2-3-5-11(10)18/h2-5,12,16H,6-7H2,1H3,(H,19,22)(H,24,25)/t12-,16-/m0/s1. The lowest BCUT2D eigenvalue weighted by Gasteiger charge is -2.49. The van der Waals surface area contributed by atoms with Crippen LogP contribution in [0.2, 0.25) is 0 Å². The van der Waals surface area contributed by atoms with E-state index in [9.17, 15) is 28.7 Å². The van der Waals surface area contributed by atoms with Crippen LogP contribution in [0.5, 0.6) is 0 Å². The molecule has 1 fully saturated rings. The van der Waals surface area contributed by atoms with Gasteiger partial charge in [0.05, 0.1) is 5.56 Å². The summed E-state index contributed by atoms with van der Waals surface area (Å²) in [5.41, 5.74) is -0.151. The fraction of sp³-hybridized carbons (Fsp3) is 0.294. The zero-order chi connectivity index (χ0) is 19.7. The van der Waals surface area contributed by atoms with Gasteiger partial charge in [0.25, 0.3) is 11.8 Å². The summed E-state index contributed by atoms with van der Waals surface area (Å²) in [5, 5.41) is 11.3. The summed E-state index contributed by atoms with van der Waals surface area (Å²) >= 11 is 1.23. The lowest BCUT2D eigenvalue weighted by atomic mass is 10.0. The Bertz CT molecular complexity index is 871. The van der Waals surface area contributed by atoms with Gasteiger partial charge in [0.1, 0.15) is 29.5 Å². The van der Waals surface area contributed by atoms with Gasteiger partial charge in [-0.05, 0) is 12.1 Å². The Morgan fingerprint density at radius 1 is 1.37 bits per heavy atom. The third-order valence-corrected chi connectivity index (χ3v) is 5.44. The third kappa shape index (κ3) is 3.52. The van der Waals surface area contributed by atoms with Crippen molar-refractivity contribution in [3.8, 4) is 0 Å². The van der Waals surface area contributed by atoms with Gasteiger partial charge < -0.3 is 15.2 Å². The fourth-order valence-electron chi connectivity index (χ4n) is 2.85. The summed E-state index contributed by atoms with van der Waals surface area (Å²) in [6.45, 7) is 0.968. The molecule has 2 N–H and O–H groups in total. The number of nitrogens with zero attached hydrogens (tertiary/aromatic N) is 1. The molecule has 0 aromatic heterocycles. The molecule has 27 heavy (non-hydrogen) atoms. The third-order valence-electron chi connectivity index (χ3n) is 4.10. The van der Waals surface area contributed by atoms with Crippen LogP contribution in [0.3, 0.4) is 0 Å². The molecule has 0 radical (unpaired) electrons. The SMILES string of the molecule is CC(=O)OCC1=C(C(=O)O)N2C(=O)[C@H](NC(=O)c3ccccc3F)[C@@H]2SC1. The Morgan fingerprint density at radius 3 is 2.70 bits per heavy atom. The molecule has 2 atom stereocenters. The number of rotatable bonds is 5. The number of nitrogens with one attached hydrogen (secondary N) is 1. The topological polar surface area (TPSA) is 113 Å². The van der Waals surface area contributed by atoms with Gasteiger partial charge in [-0.3, -0.25) is 19.3 Å². The van der Waals surface area contributed by atoms with Crippen molar-refractivity contribution in [2.75, 3.05) is 12.4 Å². The van der Waals surface area contributed by atoms with Crippen molar-refractivity contribution < 1.29 is 33.4 Å². The molecule has 8 nitrogen and oxygen atoms in total. The molecule has 0 aliphatic carbocycles. The number of ether oxygens (including phenoxy) is 1. The van der Waals surface area contributed by atoms with Crippen LogP contribution in [0.4, 0.5) is 4.39 Å². The van der Waals surface area contributed by atoms with Gasteiger partial charge >= 0.3 is 11.9 Å². The number of halogens is 1. The smallest absolute Gasteiger partial charge is 0.352 e. The fourth-order valence-corrected chi connectivity index (χ4v) is 4.17. The predicted octanol–water partition coefficient (Wildman–Crippen LogP) is 0.741. The predicted molar refractivity (Wildman–Crippen MR) is 92.0 cm³/mol. The summed E-state index contributed by atoms with van der Waals surface area (Å²) in [6.07, 6.45) is 0. The quantitative estimate of drug-likeness (QED) is 0.559. The monoisotopic (exact) mass is 394 g/mol. The van der Waals surface area contributed by atoms with Crippen LogP contribution < -0.4 is 5.32 Å². The van der Waals surface area contributed by atoms with E-state index < -0.39 is 41.0 Å². The van der Waals surface area contributed by atoms with Crippen LogP contribution in [-0.2, 0) is 19.1 Å². The number of carboxylic acids is 1. The largest absolute Gasteiger partial charge is 0.477 e. The number of esters is 1. The Hall–Kier alpha value is -2.88. The summed E-state index contributed by atoms with van der Waals surface area (Å²) in [6, 6.07) is 4.39. The van der Waals surface area contributed by atoms with Crippen LogP contribution in [0.15, 0.2) is 35.5 Å². The van der Waals surface area contributed by atoms with Crippen LogP contribution in [0, 0.1) is 5.82 Å². The first-order valence-electron chi connectivity index (χ1n) is 7.90. The van der Waals surface area contributed by atoms with Crippen molar-refractivity contribution in [2.24, 2.45) is 0 Å². The minimum Gasteiger partial charge on any atom is -0.477 e. The Kier molecular flexibility index (Phi) is 5.17. The van der Waals surface area contributed by atoms with E-state index in [1.165, 1.54) is 36.9 Å². The summed E-state index contributed by atoms with van der Waals surface area (Å²) < 4.78 is 18.6. The van der Waals surface area contributed by atoms with Crippen molar-refractivity contribution in [1.29, 1.82) is 0 Å². The van der Waals surface area contributed by atoms with E-state index in [2.05, 4.69) is 5.32 Å². The molecule has 1 aromatic carbocycles. The molecule has 2 amide bonds. The summed E-state index contributed by atoms with van der Waals surface area (Å²) in [4.78, 5) is 48.3. The van der Waals surface area contributed by atoms with Crippen molar-refractivity contribution in [1.82, 2.24) is 10.2 Å².